The van der Waals surface area contributed by atoms with Gasteiger partial charge in [-0.3, -0.25) is 9.89 Å². The van der Waals surface area contributed by atoms with Crippen molar-refractivity contribution >= 4 is 29.9 Å². The lowest BCUT2D eigenvalue weighted by Gasteiger charge is -2.29. The molecule has 0 amide bonds. The van der Waals surface area contributed by atoms with Crippen molar-refractivity contribution in [2.24, 2.45) is 10.9 Å². The first-order chi connectivity index (χ1) is 13.7. The summed E-state index contributed by atoms with van der Waals surface area (Å²) in [6.45, 7) is 8.51. The quantitative estimate of drug-likeness (QED) is 0.317. The van der Waals surface area contributed by atoms with Crippen LogP contribution in [0.3, 0.4) is 0 Å². The number of likely N-dealkylation sites (tertiary alicyclic amines) is 1. The van der Waals surface area contributed by atoms with Crippen molar-refractivity contribution in [3.05, 3.63) is 42.3 Å². The SMILES string of the molecule is CN=C(NCc1coc(-c2ccccc2)n1)NCC(CC(C)C)N1CCCC1.I. The van der Waals surface area contributed by atoms with Gasteiger partial charge >= 0.3 is 0 Å². The summed E-state index contributed by atoms with van der Waals surface area (Å²) in [4.78, 5) is 11.5. The zero-order valence-electron chi connectivity index (χ0n) is 17.7. The first-order valence-corrected chi connectivity index (χ1v) is 10.3. The third-order valence-corrected chi connectivity index (χ3v) is 5.14. The topological polar surface area (TPSA) is 65.7 Å². The Balaban J connectivity index is 0.00000300. The summed E-state index contributed by atoms with van der Waals surface area (Å²) >= 11 is 0. The van der Waals surface area contributed by atoms with Gasteiger partial charge in [-0.2, -0.15) is 0 Å². The van der Waals surface area contributed by atoms with E-state index in [1.54, 1.807) is 13.3 Å². The number of nitrogens with zero attached hydrogens (tertiary/aromatic N) is 3. The van der Waals surface area contributed by atoms with Crippen LogP contribution in [0.5, 0.6) is 0 Å². The second kappa shape index (κ2) is 12.2. The highest BCUT2D eigenvalue weighted by atomic mass is 127. The zero-order chi connectivity index (χ0) is 19.8. The van der Waals surface area contributed by atoms with E-state index in [1.807, 2.05) is 30.3 Å². The zero-order valence-corrected chi connectivity index (χ0v) is 20.1. The standard InChI is InChI=1S/C22H33N5O.HI/c1-17(2)13-20(27-11-7-8-12-27)15-25-22(23-3)24-14-19-16-28-21(26-19)18-9-5-4-6-10-18;/h4-6,9-10,16-17,20H,7-8,11-15H2,1-3H3,(H2,23,24,25);1H. The monoisotopic (exact) mass is 511 g/mol. The van der Waals surface area contributed by atoms with E-state index in [1.165, 1.54) is 32.4 Å². The van der Waals surface area contributed by atoms with E-state index in [4.69, 9.17) is 4.42 Å². The lowest BCUT2D eigenvalue weighted by Crippen LogP contribution is -2.46. The molecule has 0 spiro atoms. The molecule has 1 atom stereocenters. The van der Waals surface area contributed by atoms with Gasteiger partial charge in [0.2, 0.25) is 5.89 Å². The second-order valence-electron chi connectivity index (χ2n) is 7.84. The molecule has 1 unspecified atom stereocenters. The predicted molar refractivity (Wildman–Crippen MR) is 130 cm³/mol. The molecule has 1 fully saturated rings. The second-order valence-corrected chi connectivity index (χ2v) is 7.84. The third kappa shape index (κ3) is 7.29. The van der Waals surface area contributed by atoms with Crippen LogP contribution in [0.15, 0.2) is 46.0 Å². The summed E-state index contributed by atoms with van der Waals surface area (Å²) in [6.07, 6.45) is 5.54. The molecule has 1 aromatic carbocycles. The Labute approximate surface area is 191 Å². The highest BCUT2D eigenvalue weighted by Crippen LogP contribution is 2.18. The molecule has 2 N–H and O–H groups in total. The van der Waals surface area contributed by atoms with Crippen molar-refractivity contribution in [2.45, 2.75) is 45.7 Å². The van der Waals surface area contributed by atoms with Crippen molar-refractivity contribution in [1.82, 2.24) is 20.5 Å². The molecule has 7 heteroatoms. The lowest BCUT2D eigenvalue weighted by molar-refractivity contribution is 0.213. The minimum Gasteiger partial charge on any atom is -0.444 e. The fourth-order valence-electron chi connectivity index (χ4n) is 3.72. The molecule has 1 saturated heterocycles. The van der Waals surface area contributed by atoms with Crippen LogP contribution in [-0.2, 0) is 6.54 Å². The molecule has 0 aliphatic carbocycles. The summed E-state index contributed by atoms with van der Waals surface area (Å²) in [5.41, 5.74) is 1.85. The van der Waals surface area contributed by atoms with E-state index < -0.39 is 0 Å². The van der Waals surface area contributed by atoms with Gasteiger partial charge in [0, 0.05) is 25.2 Å². The van der Waals surface area contributed by atoms with E-state index in [-0.39, 0.29) is 24.0 Å². The van der Waals surface area contributed by atoms with Crippen molar-refractivity contribution < 1.29 is 4.42 Å². The van der Waals surface area contributed by atoms with Crippen LogP contribution < -0.4 is 10.6 Å². The first-order valence-electron chi connectivity index (χ1n) is 10.3. The number of hydrogen-bond donors (Lipinski definition) is 2. The number of halogens is 1. The van der Waals surface area contributed by atoms with Gasteiger partial charge in [0.05, 0.1) is 12.2 Å². The summed E-state index contributed by atoms with van der Waals surface area (Å²) in [5.74, 6) is 2.14. The van der Waals surface area contributed by atoms with E-state index >= 15 is 0 Å². The molecule has 0 saturated carbocycles. The predicted octanol–water partition coefficient (Wildman–Crippen LogP) is 4.14. The molecule has 1 aliphatic heterocycles. The summed E-state index contributed by atoms with van der Waals surface area (Å²) < 4.78 is 5.61. The summed E-state index contributed by atoms with van der Waals surface area (Å²) in [7, 11) is 1.81. The van der Waals surface area contributed by atoms with Gasteiger partial charge in [-0.15, -0.1) is 24.0 Å². The van der Waals surface area contributed by atoms with Gasteiger partial charge in [0.25, 0.3) is 0 Å². The van der Waals surface area contributed by atoms with E-state index in [0.717, 1.165) is 23.8 Å². The Morgan fingerprint density at radius 3 is 2.55 bits per heavy atom. The smallest absolute Gasteiger partial charge is 0.226 e. The maximum atomic E-state index is 5.61. The number of guanidine groups is 1. The Bertz CT molecular complexity index is 741. The average molecular weight is 511 g/mol. The Hall–Kier alpha value is -1.61. The molecule has 2 aromatic rings. The Morgan fingerprint density at radius 2 is 1.90 bits per heavy atom. The highest BCUT2D eigenvalue weighted by molar-refractivity contribution is 14.0. The minimum absolute atomic E-state index is 0. The van der Waals surface area contributed by atoms with Crippen molar-refractivity contribution in [3.63, 3.8) is 0 Å². The Morgan fingerprint density at radius 1 is 1.17 bits per heavy atom. The molecule has 1 aromatic heterocycles. The number of hydrogen-bond acceptors (Lipinski definition) is 4. The van der Waals surface area contributed by atoms with Gasteiger partial charge in [-0.05, 0) is 50.4 Å². The fraction of sp³-hybridized carbons (Fsp3) is 0.545. The largest absolute Gasteiger partial charge is 0.444 e. The average Bonchev–Trinajstić information content (AvgIpc) is 3.40. The van der Waals surface area contributed by atoms with Crippen LogP contribution in [0.25, 0.3) is 11.5 Å². The molecule has 0 radical (unpaired) electrons. The number of oxazole rings is 1. The molecule has 1 aliphatic rings. The normalized spacial score (nSPS) is 15.9. The molecule has 0 bridgehead atoms. The van der Waals surface area contributed by atoms with E-state index in [0.29, 0.717) is 24.4 Å². The van der Waals surface area contributed by atoms with E-state index in [2.05, 4.69) is 39.4 Å². The molecule has 6 nitrogen and oxygen atoms in total. The van der Waals surface area contributed by atoms with Crippen LogP contribution in [-0.4, -0.2) is 48.6 Å². The molecular weight excluding hydrogens is 477 g/mol. The van der Waals surface area contributed by atoms with Crippen molar-refractivity contribution in [1.29, 1.82) is 0 Å². The van der Waals surface area contributed by atoms with Crippen molar-refractivity contribution in [3.8, 4) is 11.5 Å². The van der Waals surface area contributed by atoms with Gasteiger partial charge in [0.1, 0.15) is 6.26 Å². The van der Waals surface area contributed by atoms with Crippen LogP contribution >= 0.6 is 24.0 Å². The van der Waals surface area contributed by atoms with Crippen LogP contribution in [0, 0.1) is 5.92 Å². The van der Waals surface area contributed by atoms with Crippen LogP contribution in [0.4, 0.5) is 0 Å². The number of aromatic nitrogens is 1. The van der Waals surface area contributed by atoms with E-state index in [9.17, 15) is 0 Å². The first kappa shape index (κ1) is 23.7. The maximum absolute atomic E-state index is 5.61. The highest BCUT2D eigenvalue weighted by Gasteiger charge is 2.22. The molecule has 29 heavy (non-hydrogen) atoms. The van der Waals surface area contributed by atoms with Crippen LogP contribution in [0.1, 0.15) is 38.8 Å². The summed E-state index contributed by atoms with van der Waals surface area (Å²) in [5, 5.41) is 6.85. The van der Waals surface area contributed by atoms with Gasteiger partial charge in [0.15, 0.2) is 5.96 Å². The minimum atomic E-state index is 0. The molecular formula is C22H34IN5O. The third-order valence-electron chi connectivity index (χ3n) is 5.14. The number of aliphatic imine (C=N–C) groups is 1. The molecule has 2 heterocycles. The molecule has 3 rings (SSSR count). The van der Waals surface area contributed by atoms with Gasteiger partial charge < -0.3 is 15.1 Å². The lowest BCUT2D eigenvalue weighted by atomic mass is 10.0. The molecule has 160 valence electrons. The maximum Gasteiger partial charge on any atom is 0.226 e. The number of rotatable bonds is 8. The summed E-state index contributed by atoms with van der Waals surface area (Å²) in [6, 6.07) is 10.5. The Kier molecular flexibility index (Phi) is 9.93. The number of nitrogens with one attached hydrogen (secondary N) is 2. The van der Waals surface area contributed by atoms with Gasteiger partial charge in [-0.25, -0.2) is 4.98 Å². The van der Waals surface area contributed by atoms with Gasteiger partial charge in [-0.1, -0.05) is 32.0 Å². The van der Waals surface area contributed by atoms with Crippen LogP contribution in [0.2, 0.25) is 0 Å². The number of benzene rings is 1. The fourth-order valence-corrected chi connectivity index (χ4v) is 3.72. The van der Waals surface area contributed by atoms with Crippen molar-refractivity contribution in [2.75, 3.05) is 26.7 Å².